The van der Waals surface area contributed by atoms with Crippen molar-refractivity contribution in [3.8, 4) is 0 Å². The third-order valence-corrected chi connectivity index (χ3v) is 3.49. The number of hydrogen-bond acceptors (Lipinski definition) is 4. The smallest absolute Gasteiger partial charge is 0.340 e. The number of benzene rings is 2. The average molecular weight is 365 g/mol. The maximum Gasteiger partial charge on any atom is 0.416 e. The number of alkyl halides is 3. The zero-order valence-corrected chi connectivity index (χ0v) is 13.4. The van der Waals surface area contributed by atoms with Crippen LogP contribution in [0.3, 0.4) is 0 Å². The second kappa shape index (κ2) is 6.98. The largest absolute Gasteiger partial charge is 0.416 e. The molecule has 3 aromatic rings. The molecule has 1 heterocycles. The molecular formula is C17H12ClF3N4. The molecule has 0 spiro atoms. The number of halogens is 4. The third-order valence-electron chi connectivity index (χ3n) is 3.24. The molecule has 0 saturated heterocycles. The minimum absolute atomic E-state index is 0.347. The molecule has 0 amide bonds. The molecule has 0 aliphatic heterocycles. The SMILES string of the molecule is FC(F)(F)c1ccc(Nc2ccnc(Nc3ccc(Cl)cc3)n2)cc1. The first-order valence-corrected chi connectivity index (χ1v) is 7.58. The summed E-state index contributed by atoms with van der Waals surface area (Å²) >= 11 is 5.83. The third kappa shape index (κ3) is 4.60. The average Bonchev–Trinajstić information content (AvgIpc) is 2.57. The molecule has 1 aromatic heterocycles. The van der Waals surface area contributed by atoms with Crippen molar-refractivity contribution in [2.75, 3.05) is 10.6 Å². The van der Waals surface area contributed by atoms with E-state index in [2.05, 4.69) is 20.6 Å². The molecule has 0 atom stereocenters. The molecule has 2 aromatic carbocycles. The van der Waals surface area contributed by atoms with Crippen molar-refractivity contribution in [3.05, 3.63) is 71.4 Å². The first-order chi connectivity index (χ1) is 11.9. The topological polar surface area (TPSA) is 49.8 Å². The molecule has 8 heteroatoms. The first-order valence-electron chi connectivity index (χ1n) is 7.20. The minimum atomic E-state index is -4.36. The Hall–Kier alpha value is -2.80. The molecule has 0 fully saturated rings. The van der Waals surface area contributed by atoms with Gasteiger partial charge in [0.25, 0.3) is 0 Å². The minimum Gasteiger partial charge on any atom is -0.340 e. The number of nitrogens with one attached hydrogen (secondary N) is 2. The number of rotatable bonds is 4. The number of anilines is 4. The Labute approximate surface area is 146 Å². The van der Waals surface area contributed by atoms with Crippen molar-refractivity contribution in [2.45, 2.75) is 6.18 Å². The van der Waals surface area contributed by atoms with Crippen molar-refractivity contribution in [3.63, 3.8) is 0 Å². The van der Waals surface area contributed by atoms with Gasteiger partial charge in [0.15, 0.2) is 0 Å². The predicted octanol–water partition coefficient (Wildman–Crippen LogP) is 5.64. The lowest BCUT2D eigenvalue weighted by Gasteiger charge is -2.10. The van der Waals surface area contributed by atoms with Crippen LogP contribution in [0.2, 0.25) is 5.02 Å². The Morgan fingerprint density at radius 3 is 2.04 bits per heavy atom. The van der Waals surface area contributed by atoms with E-state index in [-0.39, 0.29) is 0 Å². The summed E-state index contributed by atoms with van der Waals surface area (Å²) < 4.78 is 37.7. The summed E-state index contributed by atoms with van der Waals surface area (Å²) in [4.78, 5) is 8.37. The highest BCUT2D eigenvalue weighted by Gasteiger charge is 2.29. The van der Waals surface area contributed by atoms with Gasteiger partial charge in [-0.25, -0.2) is 4.98 Å². The van der Waals surface area contributed by atoms with Gasteiger partial charge in [-0.2, -0.15) is 18.2 Å². The molecule has 0 unspecified atom stereocenters. The van der Waals surface area contributed by atoms with Crippen LogP contribution in [0.4, 0.5) is 36.3 Å². The Kier molecular flexibility index (Phi) is 4.76. The van der Waals surface area contributed by atoms with E-state index in [0.29, 0.717) is 22.5 Å². The molecule has 4 nitrogen and oxygen atoms in total. The molecule has 0 bridgehead atoms. The maximum absolute atomic E-state index is 12.6. The van der Waals surface area contributed by atoms with Gasteiger partial charge >= 0.3 is 6.18 Å². The van der Waals surface area contributed by atoms with Crippen LogP contribution in [0.25, 0.3) is 0 Å². The Morgan fingerprint density at radius 2 is 1.40 bits per heavy atom. The van der Waals surface area contributed by atoms with E-state index in [9.17, 15) is 13.2 Å². The van der Waals surface area contributed by atoms with Crippen molar-refractivity contribution in [1.29, 1.82) is 0 Å². The van der Waals surface area contributed by atoms with Crippen LogP contribution >= 0.6 is 11.6 Å². The van der Waals surface area contributed by atoms with Crippen LogP contribution in [0.1, 0.15) is 5.56 Å². The second-order valence-corrected chi connectivity index (χ2v) is 5.53. The predicted molar refractivity (Wildman–Crippen MR) is 91.5 cm³/mol. The van der Waals surface area contributed by atoms with Crippen LogP contribution < -0.4 is 10.6 Å². The Bertz CT molecular complexity index is 849. The van der Waals surface area contributed by atoms with Crippen molar-refractivity contribution in [1.82, 2.24) is 9.97 Å². The lowest BCUT2D eigenvalue weighted by molar-refractivity contribution is -0.137. The second-order valence-electron chi connectivity index (χ2n) is 5.10. The Balaban J connectivity index is 1.72. The Morgan fingerprint density at radius 1 is 0.800 bits per heavy atom. The molecule has 2 N–H and O–H groups in total. The monoisotopic (exact) mass is 364 g/mol. The normalized spacial score (nSPS) is 11.2. The fraction of sp³-hybridized carbons (Fsp3) is 0.0588. The summed E-state index contributed by atoms with van der Waals surface area (Å²) in [5.74, 6) is 0.797. The summed E-state index contributed by atoms with van der Waals surface area (Å²) in [5, 5.41) is 6.57. The molecule has 0 aliphatic rings. The molecule has 0 aliphatic carbocycles. The van der Waals surface area contributed by atoms with Crippen LogP contribution in [0.5, 0.6) is 0 Å². The number of hydrogen-bond donors (Lipinski definition) is 2. The summed E-state index contributed by atoms with van der Waals surface area (Å²) in [6.07, 6.45) is -2.82. The number of nitrogens with zero attached hydrogens (tertiary/aromatic N) is 2. The van der Waals surface area contributed by atoms with Crippen LogP contribution in [0.15, 0.2) is 60.8 Å². The van der Waals surface area contributed by atoms with Gasteiger partial charge in [0, 0.05) is 22.6 Å². The standard InChI is InChI=1S/C17H12ClF3N4/c18-12-3-7-14(8-4-12)24-16-22-10-9-15(25-16)23-13-5-1-11(2-6-13)17(19,20)21/h1-10H,(H2,22,23,24,25). The summed E-state index contributed by atoms with van der Waals surface area (Å²) in [6, 6.07) is 13.3. The van der Waals surface area contributed by atoms with Crippen LogP contribution in [-0.4, -0.2) is 9.97 Å². The summed E-state index contributed by atoms with van der Waals surface area (Å²) in [7, 11) is 0. The van der Waals surface area contributed by atoms with E-state index >= 15 is 0 Å². The molecule has 128 valence electrons. The molecule has 25 heavy (non-hydrogen) atoms. The summed E-state index contributed by atoms with van der Waals surface area (Å²) in [5.41, 5.74) is 0.547. The van der Waals surface area contributed by atoms with Gasteiger partial charge < -0.3 is 10.6 Å². The quantitative estimate of drug-likeness (QED) is 0.629. The van der Waals surface area contributed by atoms with Gasteiger partial charge in [-0.15, -0.1) is 0 Å². The van der Waals surface area contributed by atoms with Crippen LogP contribution in [0, 0.1) is 0 Å². The zero-order valence-electron chi connectivity index (χ0n) is 12.7. The van der Waals surface area contributed by atoms with Crippen molar-refractivity contribution < 1.29 is 13.2 Å². The van der Waals surface area contributed by atoms with Crippen molar-refractivity contribution >= 4 is 34.7 Å². The molecule has 0 radical (unpaired) electrons. The maximum atomic E-state index is 12.6. The highest BCUT2D eigenvalue weighted by molar-refractivity contribution is 6.30. The van der Waals surface area contributed by atoms with E-state index in [1.807, 2.05) is 0 Å². The van der Waals surface area contributed by atoms with E-state index in [4.69, 9.17) is 11.6 Å². The highest BCUT2D eigenvalue weighted by atomic mass is 35.5. The van der Waals surface area contributed by atoms with Crippen molar-refractivity contribution in [2.24, 2.45) is 0 Å². The van der Waals surface area contributed by atoms with E-state index in [1.54, 1.807) is 30.3 Å². The lowest BCUT2D eigenvalue weighted by atomic mass is 10.2. The van der Waals surface area contributed by atoms with E-state index < -0.39 is 11.7 Å². The molecular weight excluding hydrogens is 353 g/mol. The fourth-order valence-corrected chi connectivity index (χ4v) is 2.17. The van der Waals surface area contributed by atoms with Gasteiger partial charge in [-0.1, -0.05) is 11.6 Å². The van der Waals surface area contributed by atoms with Gasteiger partial charge in [0.1, 0.15) is 5.82 Å². The van der Waals surface area contributed by atoms with E-state index in [0.717, 1.165) is 17.8 Å². The van der Waals surface area contributed by atoms with E-state index in [1.165, 1.54) is 18.3 Å². The molecule has 3 rings (SSSR count). The zero-order chi connectivity index (χ0) is 17.9. The van der Waals surface area contributed by atoms with Gasteiger partial charge in [-0.3, -0.25) is 0 Å². The highest BCUT2D eigenvalue weighted by Crippen LogP contribution is 2.30. The summed E-state index contributed by atoms with van der Waals surface area (Å²) in [6.45, 7) is 0. The van der Waals surface area contributed by atoms with Gasteiger partial charge in [0.05, 0.1) is 5.56 Å². The fourth-order valence-electron chi connectivity index (χ4n) is 2.04. The van der Waals surface area contributed by atoms with Crippen LogP contribution in [-0.2, 0) is 6.18 Å². The first kappa shape index (κ1) is 17.0. The van der Waals surface area contributed by atoms with Gasteiger partial charge in [0.2, 0.25) is 5.95 Å². The number of aromatic nitrogens is 2. The molecule has 0 saturated carbocycles. The lowest BCUT2D eigenvalue weighted by Crippen LogP contribution is -2.04. The van der Waals surface area contributed by atoms with Gasteiger partial charge in [-0.05, 0) is 54.6 Å².